The first-order chi connectivity index (χ1) is 9.75. The third-order valence-electron chi connectivity index (χ3n) is 3.06. The van der Waals surface area contributed by atoms with Crippen LogP contribution in [0.1, 0.15) is 16.2 Å². The van der Waals surface area contributed by atoms with Crippen molar-refractivity contribution in [3.05, 3.63) is 60.3 Å². The minimum atomic E-state index is -0.252. The van der Waals surface area contributed by atoms with Gasteiger partial charge in [-0.1, -0.05) is 12.1 Å². The fourth-order valence-corrected chi connectivity index (χ4v) is 2.08. The highest BCUT2D eigenvalue weighted by Crippen LogP contribution is 2.22. The number of fused-ring (bicyclic) bond motifs is 1. The smallest absolute Gasteiger partial charge is 0.270 e. The van der Waals surface area contributed by atoms with E-state index in [1.807, 2.05) is 12.1 Å². The highest BCUT2D eigenvalue weighted by molar-refractivity contribution is 6.07. The molecule has 0 aliphatic rings. The van der Waals surface area contributed by atoms with Crippen molar-refractivity contribution in [2.24, 2.45) is 0 Å². The zero-order valence-electron chi connectivity index (χ0n) is 10.7. The number of hydrogen-bond acceptors (Lipinski definition) is 4. The fourth-order valence-electron chi connectivity index (χ4n) is 2.08. The van der Waals surface area contributed by atoms with E-state index < -0.39 is 0 Å². The van der Waals surface area contributed by atoms with Crippen LogP contribution in [0, 0.1) is 0 Å². The summed E-state index contributed by atoms with van der Waals surface area (Å²) in [6.07, 6.45) is 3.15. The number of furan rings is 1. The molecule has 1 amide bonds. The van der Waals surface area contributed by atoms with Gasteiger partial charge in [0.15, 0.2) is 0 Å². The maximum Gasteiger partial charge on any atom is 0.270 e. The number of rotatable bonds is 3. The summed E-state index contributed by atoms with van der Waals surface area (Å²) in [6, 6.07) is 10.8. The van der Waals surface area contributed by atoms with E-state index in [-0.39, 0.29) is 5.91 Å². The molecule has 0 saturated carbocycles. The Morgan fingerprint density at radius 1 is 1.20 bits per heavy atom. The number of aromatic nitrogens is 1. The van der Waals surface area contributed by atoms with Gasteiger partial charge in [0, 0.05) is 22.7 Å². The summed E-state index contributed by atoms with van der Waals surface area (Å²) in [5, 5.41) is 4.34. The standard InChI is InChI=1S/C15H13N3O2/c16-13-5-1-4-12-11(13)6-7-17-14(12)15(19)18-9-10-3-2-8-20-10/h1-8H,9,16H2,(H,18,19). The van der Waals surface area contributed by atoms with E-state index in [0.717, 1.165) is 10.8 Å². The number of anilines is 1. The van der Waals surface area contributed by atoms with Crippen LogP contribution in [0.3, 0.4) is 0 Å². The number of nitrogens with two attached hydrogens (primary N) is 1. The third-order valence-corrected chi connectivity index (χ3v) is 3.06. The van der Waals surface area contributed by atoms with Crippen LogP contribution < -0.4 is 11.1 Å². The van der Waals surface area contributed by atoms with Crippen molar-refractivity contribution in [1.82, 2.24) is 10.3 Å². The summed E-state index contributed by atoms with van der Waals surface area (Å²) in [6.45, 7) is 0.326. The summed E-state index contributed by atoms with van der Waals surface area (Å²) in [7, 11) is 0. The van der Waals surface area contributed by atoms with E-state index in [9.17, 15) is 4.79 Å². The fraction of sp³-hybridized carbons (Fsp3) is 0.0667. The van der Waals surface area contributed by atoms with Crippen LogP contribution in [-0.4, -0.2) is 10.9 Å². The number of benzene rings is 1. The number of pyridine rings is 1. The molecule has 20 heavy (non-hydrogen) atoms. The number of carbonyl (C=O) groups excluding carboxylic acids is 1. The van der Waals surface area contributed by atoms with E-state index in [0.29, 0.717) is 23.7 Å². The minimum absolute atomic E-state index is 0.252. The molecule has 0 radical (unpaired) electrons. The van der Waals surface area contributed by atoms with Gasteiger partial charge >= 0.3 is 0 Å². The maximum atomic E-state index is 12.2. The Morgan fingerprint density at radius 3 is 2.90 bits per heavy atom. The Morgan fingerprint density at radius 2 is 2.10 bits per heavy atom. The van der Waals surface area contributed by atoms with Crippen LogP contribution in [0.4, 0.5) is 5.69 Å². The van der Waals surface area contributed by atoms with Crippen molar-refractivity contribution in [3.63, 3.8) is 0 Å². The summed E-state index contributed by atoms with van der Waals surface area (Å²) in [4.78, 5) is 16.4. The number of nitrogen functional groups attached to an aromatic ring is 1. The molecule has 3 aromatic rings. The summed E-state index contributed by atoms with van der Waals surface area (Å²) in [5.41, 5.74) is 6.89. The van der Waals surface area contributed by atoms with Crippen LogP contribution in [0.25, 0.3) is 10.8 Å². The number of amides is 1. The largest absolute Gasteiger partial charge is 0.467 e. The van der Waals surface area contributed by atoms with E-state index >= 15 is 0 Å². The number of hydrogen-bond donors (Lipinski definition) is 2. The molecule has 0 aliphatic heterocycles. The molecule has 100 valence electrons. The van der Waals surface area contributed by atoms with Crippen LogP contribution in [0.2, 0.25) is 0 Å². The van der Waals surface area contributed by atoms with Gasteiger partial charge in [-0.15, -0.1) is 0 Å². The Kier molecular flexibility index (Phi) is 3.09. The molecule has 0 saturated heterocycles. The van der Waals surface area contributed by atoms with E-state index in [1.54, 1.807) is 36.7 Å². The van der Waals surface area contributed by atoms with E-state index in [2.05, 4.69) is 10.3 Å². The Bertz CT molecular complexity index is 751. The predicted molar refractivity (Wildman–Crippen MR) is 76.0 cm³/mol. The molecule has 0 unspecified atom stereocenters. The molecule has 0 atom stereocenters. The van der Waals surface area contributed by atoms with Crippen molar-refractivity contribution in [2.45, 2.75) is 6.54 Å². The average molecular weight is 267 g/mol. The minimum Gasteiger partial charge on any atom is -0.467 e. The van der Waals surface area contributed by atoms with Crippen molar-refractivity contribution in [2.75, 3.05) is 5.73 Å². The SMILES string of the molecule is Nc1cccc2c(C(=O)NCc3ccco3)nccc12. The first kappa shape index (κ1) is 12.2. The third kappa shape index (κ3) is 2.21. The Balaban J connectivity index is 1.90. The topological polar surface area (TPSA) is 81.2 Å². The second kappa shape index (κ2) is 5.05. The molecule has 1 aromatic carbocycles. The molecule has 3 N–H and O–H groups in total. The number of nitrogens with zero attached hydrogens (tertiary/aromatic N) is 1. The van der Waals surface area contributed by atoms with Crippen LogP contribution in [-0.2, 0) is 6.54 Å². The average Bonchev–Trinajstić information content (AvgIpc) is 2.98. The molecule has 2 aromatic heterocycles. The van der Waals surface area contributed by atoms with Crippen molar-refractivity contribution >= 4 is 22.4 Å². The lowest BCUT2D eigenvalue weighted by Gasteiger charge is -2.07. The maximum absolute atomic E-state index is 12.2. The van der Waals surface area contributed by atoms with Gasteiger partial charge in [0.05, 0.1) is 12.8 Å². The van der Waals surface area contributed by atoms with Gasteiger partial charge in [-0.2, -0.15) is 0 Å². The zero-order valence-corrected chi connectivity index (χ0v) is 10.7. The summed E-state index contributed by atoms with van der Waals surface area (Å²) in [5.74, 6) is 0.440. The van der Waals surface area contributed by atoms with E-state index in [1.165, 1.54) is 0 Å². The van der Waals surface area contributed by atoms with Gasteiger partial charge in [-0.3, -0.25) is 9.78 Å². The van der Waals surface area contributed by atoms with Crippen molar-refractivity contribution in [3.8, 4) is 0 Å². The Labute approximate surface area is 115 Å². The van der Waals surface area contributed by atoms with Crippen LogP contribution in [0.15, 0.2) is 53.3 Å². The predicted octanol–water partition coefficient (Wildman–Crippen LogP) is 2.34. The molecule has 0 bridgehead atoms. The molecular weight excluding hydrogens is 254 g/mol. The molecule has 5 heteroatoms. The second-order valence-corrected chi connectivity index (χ2v) is 4.36. The molecule has 5 nitrogen and oxygen atoms in total. The first-order valence-corrected chi connectivity index (χ1v) is 6.19. The normalized spacial score (nSPS) is 10.6. The quantitative estimate of drug-likeness (QED) is 0.714. The van der Waals surface area contributed by atoms with Crippen molar-refractivity contribution in [1.29, 1.82) is 0 Å². The van der Waals surface area contributed by atoms with Gasteiger partial charge in [-0.05, 0) is 24.3 Å². The van der Waals surface area contributed by atoms with Gasteiger partial charge < -0.3 is 15.5 Å². The number of nitrogens with one attached hydrogen (secondary N) is 1. The van der Waals surface area contributed by atoms with Crippen LogP contribution in [0.5, 0.6) is 0 Å². The lowest BCUT2D eigenvalue weighted by atomic mass is 10.1. The lowest BCUT2D eigenvalue weighted by Crippen LogP contribution is -2.23. The molecule has 2 heterocycles. The van der Waals surface area contributed by atoms with Gasteiger partial charge in [0.25, 0.3) is 5.91 Å². The highest BCUT2D eigenvalue weighted by Gasteiger charge is 2.12. The lowest BCUT2D eigenvalue weighted by molar-refractivity contribution is 0.0945. The highest BCUT2D eigenvalue weighted by atomic mass is 16.3. The Hall–Kier alpha value is -2.82. The van der Waals surface area contributed by atoms with Gasteiger partial charge in [-0.25, -0.2) is 0 Å². The van der Waals surface area contributed by atoms with E-state index in [4.69, 9.17) is 10.2 Å². The molecule has 0 fully saturated rings. The summed E-state index contributed by atoms with van der Waals surface area (Å²) >= 11 is 0. The zero-order chi connectivity index (χ0) is 13.9. The molecule has 3 rings (SSSR count). The second-order valence-electron chi connectivity index (χ2n) is 4.36. The molecule has 0 spiro atoms. The first-order valence-electron chi connectivity index (χ1n) is 6.19. The van der Waals surface area contributed by atoms with Gasteiger partial charge in [0.1, 0.15) is 11.5 Å². The monoisotopic (exact) mass is 267 g/mol. The van der Waals surface area contributed by atoms with Gasteiger partial charge in [0.2, 0.25) is 0 Å². The molecular formula is C15H13N3O2. The molecule has 0 aliphatic carbocycles. The van der Waals surface area contributed by atoms with Crippen molar-refractivity contribution < 1.29 is 9.21 Å². The number of carbonyl (C=O) groups is 1. The van der Waals surface area contributed by atoms with Crippen LogP contribution >= 0.6 is 0 Å². The summed E-state index contributed by atoms with van der Waals surface area (Å²) < 4.78 is 5.17.